The molecule has 0 radical (unpaired) electrons. The fraction of sp³-hybridized carbons (Fsp3) is 0.604. The number of aromatic amines is 1. The number of H-pyrrole nitrogens is 1. The summed E-state index contributed by atoms with van der Waals surface area (Å²) in [5, 5.41) is 48.6. The number of nitrogens with two attached hydrogens (primary N) is 5. The summed E-state index contributed by atoms with van der Waals surface area (Å²) in [7, 11) is 0. The molecule has 0 saturated carbocycles. The monoisotopic (exact) mass is 1180 g/mol. The molecule has 31 heteroatoms. The average molecular weight is 1190 g/mol. The van der Waals surface area contributed by atoms with E-state index in [4.69, 9.17) is 28.7 Å². The number of hydrogen-bond donors (Lipinski definition) is 16. The van der Waals surface area contributed by atoms with Crippen molar-refractivity contribution in [1.29, 1.82) is 0 Å². The summed E-state index contributed by atoms with van der Waals surface area (Å²) in [6.07, 6.45) is 0.444. The Morgan fingerprint density at radius 2 is 1.25 bits per heavy atom. The number of carbonyl (C=O) groups excluding carboxylic acids is 9. The van der Waals surface area contributed by atoms with Gasteiger partial charge >= 0.3 is 5.97 Å². The van der Waals surface area contributed by atoms with Gasteiger partial charge < -0.3 is 96.0 Å². The highest BCUT2D eigenvalue weighted by Crippen LogP contribution is 2.14. The van der Waals surface area contributed by atoms with E-state index in [-0.39, 0.29) is 76.1 Å². The number of aliphatic hydroxyl groups is 2. The number of aryl methyl sites for hydroxylation is 1. The predicted octanol–water partition coefficient (Wildman–Crippen LogP) is -5.12. The van der Waals surface area contributed by atoms with Crippen LogP contribution in [-0.2, 0) is 60.8 Å². The number of nitrogens with one attached hydrogen (secondary N) is 8. The highest BCUT2D eigenvalue weighted by atomic mass is 16.4. The number of imidazole rings is 1. The Hall–Kier alpha value is -8.45. The number of guanidine groups is 2. The maximum Gasteiger partial charge on any atom is 0.323 e. The number of carbonyl (C=O) groups is 10. The van der Waals surface area contributed by atoms with Gasteiger partial charge in [-0.25, -0.2) is 4.98 Å². The van der Waals surface area contributed by atoms with E-state index in [0.29, 0.717) is 18.5 Å². The predicted molar refractivity (Wildman–Crippen MR) is 309 cm³/mol. The van der Waals surface area contributed by atoms with E-state index in [1.165, 1.54) is 19.4 Å². The van der Waals surface area contributed by atoms with E-state index < -0.39 is 139 Å². The van der Waals surface area contributed by atoms with Gasteiger partial charge in [0, 0.05) is 44.5 Å². The molecule has 0 fully saturated rings. The third-order valence-corrected chi connectivity index (χ3v) is 13.0. The summed E-state index contributed by atoms with van der Waals surface area (Å²) >= 11 is 0. The molecule has 1 aromatic heterocycles. The smallest absolute Gasteiger partial charge is 0.323 e. The number of aromatic nitrogens is 2. The minimum atomic E-state index is -1.85. The van der Waals surface area contributed by atoms with Crippen molar-refractivity contribution >= 4 is 71.1 Å². The molecule has 0 aliphatic carbocycles. The van der Waals surface area contributed by atoms with Crippen molar-refractivity contribution in [2.45, 2.75) is 148 Å². The summed E-state index contributed by atoms with van der Waals surface area (Å²) in [6, 6.07) is -0.922. The van der Waals surface area contributed by atoms with Crippen molar-refractivity contribution < 1.29 is 63.3 Å². The lowest BCUT2D eigenvalue weighted by molar-refractivity contribution is -0.147. The zero-order valence-electron chi connectivity index (χ0n) is 48.8. The number of aliphatic carboxylic acids is 1. The Kier molecular flexibility index (Phi) is 31.5. The number of amides is 9. The molecule has 1 heterocycles. The fourth-order valence-electron chi connectivity index (χ4n) is 8.22. The van der Waals surface area contributed by atoms with Crippen molar-refractivity contribution in [2.24, 2.45) is 50.5 Å². The maximum atomic E-state index is 14.3. The molecule has 0 bridgehead atoms. The minimum absolute atomic E-state index is 0.00102. The van der Waals surface area contributed by atoms with Gasteiger partial charge in [-0.1, -0.05) is 64.4 Å². The van der Waals surface area contributed by atoms with Crippen molar-refractivity contribution in [2.75, 3.05) is 45.8 Å². The zero-order chi connectivity index (χ0) is 63.2. The van der Waals surface area contributed by atoms with Crippen molar-refractivity contribution in [1.82, 2.24) is 57.0 Å². The number of nitrogens with zero attached hydrogens (tertiary/aromatic N) is 5. The second-order valence-corrected chi connectivity index (χ2v) is 20.8. The molecule has 1 unspecified atom stereocenters. The highest BCUT2D eigenvalue weighted by molar-refractivity contribution is 5.98. The number of benzene rings is 1. The SMILES string of the molecule is CCC(C)[C@H](NC(=O)CN(CCCN=C(N)N)C(=O)CNC(=O)[C@@H](NC(=O)[C@@H](NC(=O)[C@H](Cc1cnc[nH]1)NC(=O)[C@H](CCc1ccccc1)NC(=O)[C@H](C)NC(=O)[C@@H](N)CCCN=C(N)N)[C@@H](C)O)[C@@H](C)O)C(=O)N(CC(=O)O)CC(C)C. The van der Waals surface area contributed by atoms with Gasteiger partial charge in [0.2, 0.25) is 53.2 Å². The summed E-state index contributed by atoms with van der Waals surface area (Å²) in [5.74, 6) is -10.0. The van der Waals surface area contributed by atoms with Gasteiger partial charge in [-0.05, 0) is 70.3 Å². The normalized spacial score (nSPS) is 14.6. The van der Waals surface area contributed by atoms with E-state index >= 15 is 0 Å². The van der Waals surface area contributed by atoms with Crippen molar-refractivity contribution in [3.8, 4) is 0 Å². The molecule has 0 spiro atoms. The Morgan fingerprint density at radius 3 is 1.81 bits per heavy atom. The molecule has 0 aliphatic rings. The van der Waals surface area contributed by atoms with E-state index in [0.717, 1.165) is 29.2 Å². The molecular formula is C53H88N18O13. The van der Waals surface area contributed by atoms with Gasteiger partial charge in [0.05, 0.1) is 37.7 Å². The molecule has 31 nitrogen and oxygen atoms in total. The number of rotatable bonds is 38. The van der Waals surface area contributed by atoms with Crippen LogP contribution in [0.25, 0.3) is 0 Å². The lowest BCUT2D eigenvalue weighted by Crippen LogP contribution is -2.62. The summed E-state index contributed by atoms with van der Waals surface area (Å²) in [5.41, 5.74) is 28.8. The fourth-order valence-corrected chi connectivity index (χ4v) is 8.22. The Morgan fingerprint density at radius 1 is 0.667 bits per heavy atom. The second-order valence-electron chi connectivity index (χ2n) is 20.8. The van der Waals surface area contributed by atoms with Crippen LogP contribution in [0.3, 0.4) is 0 Å². The van der Waals surface area contributed by atoms with Gasteiger partial charge in [0.1, 0.15) is 42.8 Å². The Balaban J connectivity index is 2.34. The molecule has 9 amide bonds. The largest absolute Gasteiger partial charge is 0.480 e. The first-order valence-electron chi connectivity index (χ1n) is 27.7. The van der Waals surface area contributed by atoms with Crippen LogP contribution in [0.1, 0.15) is 91.8 Å². The number of hydrogen-bond acceptors (Lipinski definition) is 16. The quantitative estimate of drug-likeness (QED) is 0.0170. The first kappa shape index (κ1) is 71.7. The van der Waals surface area contributed by atoms with E-state index in [2.05, 4.69) is 57.2 Å². The van der Waals surface area contributed by atoms with Gasteiger partial charge in [-0.2, -0.15) is 0 Å². The molecule has 0 aliphatic heterocycles. The van der Waals surface area contributed by atoms with Gasteiger partial charge in [-0.15, -0.1) is 0 Å². The first-order valence-corrected chi connectivity index (χ1v) is 27.7. The van der Waals surface area contributed by atoms with E-state index in [1.54, 1.807) is 58.0 Å². The molecular weight excluding hydrogens is 1100 g/mol. The zero-order valence-corrected chi connectivity index (χ0v) is 48.8. The lowest BCUT2D eigenvalue weighted by atomic mass is 9.97. The molecule has 10 atom stereocenters. The van der Waals surface area contributed by atoms with Gasteiger partial charge in [-0.3, -0.25) is 57.9 Å². The van der Waals surface area contributed by atoms with E-state index in [1.807, 2.05) is 0 Å². The van der Waals surface area contributed by atoms with Gasteiger partial charge in [0.25, 0.3) is 0 Å². The van der Waals surface area contributed by atoms with Crippen LogP contribution in [0.15, 0.2) is 52.8 Å². The van der Waals surface area contributed by atoms with Crippen LogP contribution in [0.5, 0.6) is 0 Å². The number of carboxylic acid groups (broad SMARTS) is 1. The molecule has 84 heavy (non-hydrogen) atoms. The number of aliphatic hydroxyl groups excluding tert-OH is 2. The number of aliphatic imine (C=N–C) groups is 2. The molecule has 468 valence electrons. The Labute approximate surface area is 488 Å². The summed E-state index contributed by atoms with van der Waals surface area (Å²) in [4.78, 5) is 152. The summed E-state index contributed by atoms with van der Waals surface area (Å²) in [6.45, 7) is 8.89. The van der Waals surface area contributed by atoms with Gasteiger partial charge in [0.15, 0.2) is 11.9 Å². The summed E-state index contributed by atoms with van der Waals surface area (Å²) < 4.78 is 0. The Bertz CT molecular complexity index is 2520. The average Bonchev–Trinajstić information content (AvgIpc) is 4.01. The second kappa shape index (κ2) is 36.9. The van der Waals surface area contributed by atoms with Crippen LogP contribution in [0.2, 0.25) is 0 Å². The van der Waals surface area contributed by atoms with Crippen LogP contribution in [-0.4, -0.2) is 206 Å². The third-order valence-electron chi connectivity index (χ3n) is 13.0. The standard InChI is InChI=1S/C53H88N18O13/c1-8-30(4)42(51(84)71(25-29(2)3)27-41(76)77)67-39(74)26-70(21-13-20-61-53(57)58)40(75)24-62-49(82)43(32(6)72)69-50(83)44(33(7)73)68-48(81)38(22-35-23-59-28-63-35)66-47(80)37(18-17-34-14-10-9-11-15-34)65-45(78)31(5)64-46(79)36(54)16-12-19-60-52(55)56/h9-11,14-15,23,28-33,36-38,42-44,72-73H,8,12-13,16-22,24-27,54H2,1-7H3,(H,59,63)(H,62,82)(H,64,79)(H,65,78)(H,66,80)(H,67,74)(H,68,81)(H,69,83)(H,76,77)(H4,55,56,60)(H4,57,58,61)/t30?,31-,32+,33+,36-,37-,38-,42-,43-,44-/m0/s1. The molecule has 2 rings (SSSR count). The lowest BCUT2D eigenvalue weighted by Gasteiger charge is -2.31. The van der Waals surface area contributed by atoms with Crippen molar-refractivity contribution in [3.63, 3.8) is 0 Å². The van der Waals surface area contributed by atoms with E-state index in [9.17, 15) is 63.3 Å². The topological polar surface area (TPSA) is 506 Å². The molecule has 2 aromatic rings. The van der Waals surface area contributed by atoms with Crippen molar-refractivity contribution in [3.05, 3.63) is 54.1 Å². The third kappa shape index (κ3) is 26.6. The highest BCUT2D eigenvalue weighted by Gasteiger charge is 2.37. The molecule has 1 aromatic carbocycles. The maximum absolute atomic E-state index is 14.3. The number of carboxylic acids is 1. The van der Waals surface area contributed by atoms with Crippen LogP contribution < -0.4 is 65.9 Å². The first-order chi connectivity index (χ1) is 39.5. The van der Waals surface area contributed by atoms with Crippen LogP contribution >= 0.6 is 0 Å². The van der Waals surface area contributed by atoms with Crippen LogP contribution in [0, 0.1) is 11.8 Å². The molecule has 21 N–H and O–H groups in total. The van der Waals surface area contributed by atoms with Crippen LogP contribution in [0.4, 0.5) is 0 Å². The minimum Gasteiger partial charge on any atom is -0.480 e. The molecule has 0 saturated heterocycles.